The highest BCUT2D eigenvalue weighted by molar-refractivity contribution is 6.07. The summed E-state index contributed by atoms with van der Waals surface area (Å²) in [5, 5.41) is 12.3. The fourth-order valence-electron chi connectivity index (χ4n) is 3.94. The summed E-state index contributed by atoms with van der Waals surface area (Å²) in [5.41, 5.74) is 5.69. The molecule has 0 unspecified atom stereocenters. The van der Waals surface area contributed by atoms with Gasteiger partial charge in [-0.05, 0) is 30.7 Å². The zero-order valence-corrected chi connectivity index (χ0v) is 20.5. The number of carbonyl (C=O) groups excluding carboxylic acids is 2. The Bertz CT molecular complexity index is 1350. The van der Waals surface area contributed by atoms with Gasteiger partial charge in [0, 0.05) is 32.6 Å². The second-order valence-electron chi connectivity index (χ2n) is 8.35. The maximum Gasteiger partial charge on any atom is 0.299 e. The number of rotatable bonds is 7. The number of nitrogens with zero attached hydrogens (tertiary/aromatic N) is 7. The van der Waals surface area contributed by atoms with Crippen LogP contribution in [0.2, 0.25) is 0 Å². The molecule has 0 saturated carbocycles. The summed E-state index contributed by atoms with van der Waals surface area (Å²) in [6.45, 7) is 2.48. The molecule has 5 rings (SSSR count). The molecule has 3 aromatic rings. The SMILES string of the molecule is CON(C)C(=O)c1nn(-c2ccccc2)cc1NC(=O)c1cccc(C2=CN(N3CCCN3)CC=N2)n1. The minimum atomic E-state index is -0.508. The Morgan fingerprint density at radius 2 is 1.97 bits per heavy atom. The van der Waals surface area contributed by atoms with E-state index in [4.69, 9.17) is 4.84 Å². The van der Waals surface area contributed by atoms with Crippen molar-refractivity contribution in [1.29, 1.82) is 0 Å². The highest BCUT2D eigenvalue weighted by Crippen LogP contribution is 2.22. The van der Waals surface area contributed by atoms with Crippen LogP contribution in [0.4, 0.5) is 5.69 Å². The van der Waals surface area contributed by atoms with Crippen LogP contribution in [0.25, 0.3) is 11.4 Å². The lowest BCUT2D eigenvalue weighted by molar-refractivity contribution is -0.0760. The van der Waals surface area contributed by atoms with Gasteiger partial charge in [-0.25, -0.2) is 20.2 Å². The van der Waals surface area contributed by atoms with Crippen molar-refractivity contribution in [3.8, 4) is 5.69 Å². The molecule has 0 radical (unpaired) electrons. The second-order valence-corrected chi connectivity index (χ2v) is 8.35. The lowest BCUT2D eigenvalue weighted by Crippen LogP contribution is -2.45. The largest absolute Gasteiger partial charge is 0.317 e. The molecule has 0 bridgehead atoms. The van der Waals surface area contributed by atoms with Crippen LogP contribution in [0.5, 0.6) is 0 Å². The van der Waals surface area contributed by atoms with Crippen molar-refractivity contribution in [3.63, 3.8) is 0 Å². The van der Waals surface area contributed by atoms with Crippen LogP contribution in [0.15, 0.2) is 65.9 Å². The zero-order chi connectivity index (χ0) is 25.8. The standard InChI is InChI=1S/C25H27N9O3/c1-31(37-2)25(36)23-22(17-33(30-23)18-8-4-3-5-9-18)29-24(35)20-11-6-10-19(28-20)21-16-32(15-13-26-21)34-14-7-12-27-34/h3-6,8-11,13,16-17,27H,7,12,14-15H2,1-2H3,(H,29,35). The third-order valence-electron chi connectivity index (χ3n) is 5.91. The Balaban J connectivity index is 1.41. The number of hydrogen-bond acceptors (Lipinski definition) is 9. The molecule has 12 nitrogen and oxygen atoms in total. The number of hydrazine groups is 2. The molecule has 1 fully saturated rings. The van der Waals surface area contributed by atoms with Crippen LogP contribution >= 0.6 is 0 Å². The Kier molecular flexibility index (Phi) is 7.03. The number of anilines is 1. The molecule has 4 heterocycles. The molecule has 37 heavy (non-hydrogen) atoms. The minimum Gasteiger partial charge on any atom is -0.317 e. The topological polar surface area (TPSA) is 120 Å². The summed E-state index contributed by atoms with van der Waals surface area (Å²) < 4.78 is 1.53. The van der Waals surface area contributed by atoms with E-state index in [0.717, 1.165) is 30.3 Å². The predicted molar refractivity (Wildman–Crippen MR) is 137 cm³/mol. The van der Waals surface area contributed by atoms with Gasteiger partial charge in [0.1, 0.15) is 11.4 Å². The molecule has 0 aliphatic carbocycles. The van der Waals surface area contributed by atoms with Crippen molar-refractivity contribution < 1.29 is 14.4 Å². The Labute approximate surface area is 213 Å². The first-order valence-corrected chi connectivity index (χ1v) is 11.8. The number of aromatic nitrogens is 3. The summed E-state index contributed by atoms with van der Waals surface area (Å²) in [4.78, 5) is 40.2. The van der Waals surface area contributed by atoms with Crippen LogP contribution in [0.1, 0.15) is 33.1 Å². The van der Waals surface area contributed by atoms with Crippen LogP contribution in [-0.2, 0) is 4.84 Å². The first-order chi connectivity index (χ1) is 18.0. The van der Waals surface area contributed by atoms with E-state index in [2.05, 4.69) is 25.8 Å². The van der Waals surface area contributed by atoms with E-state index >= 15 is 0 Å². The molecular weight excluding hydrogens is 474 g/mol. The first kappa shape index (κ1) is 24.3. The smallest absolute Gasteiger partial charge is 0.299 e. The summed E-state index contributed by atoms with van der Waals surface area (Å²) in [6.07, 6.45) is 6.37. The fourth-order valence-corrected chi connectivity index (χ4v) is 3.94. The molecule has 2 aliphatic rings. The van der Waals surface area contributed by atoms with Crippen LogP contribution in [-0.4, -0.2) is 81.8 Å². The Hall–Kier alpha value is -4.39. The van der Waals surface area contributed by atoms with E-state index in [1.807, 2.05) is 52.9 Å². The summed E-state index contributed by atoms with van der Waals surface area (Å²) >= 11 is 0. The number of pyridine rings is 1. The van der Waals surface area contributed by atoms with Gasteiger partial charge in [0.15, 0.2) is 5.69 Å². The molecule has 190 valence electrons. The van der Waals surface area contributed by atoms with E-state index in [-0.39, 0.29) is 17.1 Å². The average molecular weight is 502 g/mol. The number of para-hydroxylation sites is 1. The highest BCUT2D eigenvalue weighted by atomic mass is 16.7. The lowest BCUT2D eigenvalue weighted by Gasteiger charge is -2.31. The van der Waals surface area contributed by atoms with Gasteiger partial charge in [0.25, 0.3) is 11.8 Å². The molecular formula is C25H27N9O3. The minimum absolute atomic E-state index is 0.0334. The van der Waals surface area contributed by atoms with Gasteiger partial charge in [-0.3, -0.25) is 24.4 Å². The normalized spacial score (nSPS) is 15.5. The van der Waals surface area contributed by atoms with E-state index in [1.165, 1.54) is 18.8 Å². The van der Waals surface area contributed by atoms with E-state index in [9.17, 15) is 9.59 Å². The van der Waals surface area contributed by atoms with Gasteiger partial charge in [0.05, 0.1) is 36.9 Å². The molecule has 0 atom stereocenters. The zero-order valence-electron chi connectivity index (χ0n) is 20.5. The number of hydrogen-bond donors (Lipinski definition) is 2. The average Bonchev–Trinajstić information content (AvgIpc) is 3.64. The summed E-state index contributed by atoms with van der Waals surface area (Å²) in [6, 6.07) is 14.4. The van der Waals surface area contributed by atoms with Crippen molar-refractivity contribution in [2.75, 3.05) is 39.1 Å². The van der Waals surface area contributed by atoms with Crippen molar-refractivity contribution in [2.45, 2.75) is 6.42 Å². The number of nitrogens with one attached hydrogen (secondary N) is 2. The highest BCUT2D eigenvalue weighted by Gasteiger charge is 2.24. The molecule has 12 heteroatoms. The van der Waals surface area contributed by atoms with Gasteiger partial charge in [0.2, 0.25) is 0 Å². The lowest BCUT2D eigenvalue weighted by atomic mass is 10.2. The van der Waals surface area contributed by atoms with Crippen molar-refractivity contribution in [1.82, 2.24) is 35.4 Å². The second kappa shape index (κ2) is 10.7. The Morgan fingerprint density at radius 1 is 1.14 bits per heavy atom. The monoisotopic (exact) mass is 501 g/mol. The summed E-state index contributed by atoms with van der Waals surface area (Å²) in [7, 11) is 2.85. The number of aliphatic imine (C=N–C) groups is 1. The van der Waals surface area contributed by atoms with Gasteiger partial charge in [-0.2, -0.15) is 10.2 Å². The number of carbonyl (C=O) groups is 2. The number of benzene rings is 1. The van der Waals surface area contributed by atoms with E-state index in [1.54, 1.807) is 24.4 Å². The van der Waals surface area contributed by atoms with Gasteiger partial charge < -0.3 is 5.32 Å². The maximum atomic E-state index is 13.2. The van der Waals surface area contributed by atoms with Crippen molar-refractivity contribution in [2.24, 2.45) is 4.99 Å². The summed E-state index contributed by atoms with van der Waals surface area (Å²) in [5.74, 6) is -0.992. The molecule has 2 amide bonds. The number of amides is 2. The molecule has 2 N–H and O–H groups in total. The third kappa shape index (κ3) is 5.26. The Morgan fingerprint density at radius 3 is 2.73 bits per heavy atom. The van der Waals surface area contributed by atoms with Crippen LogP contribution < -0.4 is 10.7 Å². The predicted octanol–water partition coefficient (Wildman–Crippen LogP) is 1.96. The van der Waals surface area contributed by atoms with E-state index < -0.39 is 11.8 Å². The molecule has 2 aromatic heterocycles. The first-order valence-electron chi connectivity index (χ1n) is 11.8. The fraction of sp³-hybridized carbons (Fsp3) is 0.240. The van der Waals surface area contributed by atoms with Gasteiger partial charge in [-0.15, -0.1) is 0 Å². The number of hydroxylamine groups is 2. The maximum absolute atomic E-state index is 13.2. The molecule has 1 aromatic carbocycles. The van der Waals surface area contributed by atoms with Gasteiger partial charge in [-0.1, -0.05) is 24.3 Å². The molecule has 0 spiro atoms. The quantitative estimate of drug-likeness (QED) is 0.472. The third-order valence-corrected chi connectivity index (χ3v) is 5.91. The van der Waals surface area contributed by atoms with Gasteiger partial charge >= 0.3 is 0 Å². The van der Waals surface area contributed by atoms with Crippen molar-refractivity contribution >= 4 is 29.4 Å². The molecule has 2 aliphatic heterocycles. The van der Waals surface area contributed by atoms with E-state index in [0.29, 0.717) is 17.9 Å². The van der Waals surface area contributed by atoms with Crippen LogP contribution in [0.3, 0.4) is 0 Å². The molecule has 1 saturated heterocycles. The van der Waals surface area contributed by atoms with Crippen LogP contribution in [0, 0.1) is 0 Å². The van der Waals surface area contributed by atoms with Crippen molar-refractivity contribution in [3.05, 3.63) is 78.0 Å².